The molecule has 26 heavy (non-hydrogen) atoms. The van der Waals surface area contributed by atoms with Crippen molar-refractivity contribution < 1.29 is 13.7 Å². The van der Waals surface area contributed by atoms with Crippen LogP contribution in [0.15, 0.2) is 75.7 Å². The van der Waals surface area contributed by atoms with E-state index in [0.29, 0.717) is 22.9 Å². The zero-order valence-corrected chi connectivity index (χ0v) is 13.8. The van der Waals surface area contributed by atoms with Gasteiger partial charge in [-0.05, 0) is 12.1 Å². The molecule has 0 aliphatic carbocycles. The second-order valence-corrected chi connectivity index (χ2v) is 5.62. The normalized spacial score (nSPS) is 11.2. The van der Waals surface area contributed by atoms with Gasteiger partial charge >= 0.3 is 0 Å². The van der Waals surface area contributed by atoms with Crippen LogP contribution >= 0.6 is 0 Å². The quantitative estimate of drug-likeness (QED) is 0.556. The minimum atomic E-state index is -0.267. The van der Waals surface area contributed by atoms with Gasteiger partial charge in [0.2, 0.25) is 11.8 Å². The molecule has 2 aromatic heterocycles. The predicted molar refractivity (Wildman–Crippen MR) is 96.8 cm³/mol. The molecule has 0 aliphatic heterocycles. The molecule has 0 saturated heterocycles. The van der Waals surface area contributed by atoms with Crippen LogP contribution in [0.1, 0.15) is 11.6 Å². The van der Waals surface area contributed by atoms with E-state index in [2.05, 4.69) is 15.5 Å². The molecular formula is C20H15N3O3. The number of rotatable bonds is 5. The van der Waals surface area contributed by atoms with E-state index in [1.807, 2.05) is 54.6 Å². The maximum atomic E-state index is 12.0. The zero-order valence-electron chi connectivity index (χ0n) is 13.8. The molecule has 1 amide bonds. The maximum Gasteiger partial charge on any atom is 0.244 e. The molecule has 0 fully saturated rings. The van der Waals surface area contributed by atoms with Crippen LogP contribution < -0.4 is 5.32 Å². The van der Waals surface area contributed by atoms with E-state index >= 15 is 0 Å². The molecule has 128 valence electrons. The third-order valence-corrected chi connectivity index (χ3v) is 3.75. The van der Waals surface area contributed by atoms with Crippen LogP contribution in [0.5, 0.6) is 0 Å². The third-order valence-electron chi connectivity index (χ3n) is 3.75. The van der Waals surface area contributed by atoms with Crippen molar-refractivity contribution in [2.24, 2.45) is 0 Å². The molecule has 0 unspecified atom stereocenters. The van der Waals surface area contributed by atoms with Gasteiger partial charge in [0, 0.05) is 23.8 Å². The Morgan fingerprint density at radius 1 is 1.08 bits per heavy atom. The van der Waals surface area contributed by atoms with Crippen molar-refractivity contribution in [3.63, 3.8) is 0 Å². The summed E-state index contributed by atoms with van der Waals surface area (Å²) in [4.78, 5) is 16.2. The molecule has 2 aromatic carbocycles. The first kappa shape index (κ1) is 15.8. The first-order valence-electron chi connectivity index (χ1n) is 8.10. The molecule has 4 aromatic rings. The fraction of sp³-hybridized carbons (Fsp3) is 0.0500. The molecule has 0 atom stereocenters. The molecule has 2 heterocycles. The maximum absolute atomic E-state index is 12.0. The zero-order chi connectivity index (χ0) is 17.8. The number of oxazole rings is 1. The van der Waals surface area contributed by atoms with Crippen LogP contribution in [0.25, 0.3) is 28.5 Å². The van der Waals surface area contributed by atoms with Gasteiger partial charge in [-0.25, -0.2) is 4.98 Å². The van der Waals surface area contributed by atoms with Crippen LogP contribution in [0.3, 0.4) is 0 Å². The van der Waals surface area contributed by atoms with Gasteiger partial charge < -0.3 is 14.3 Å². The number of nitrogens with one attached hydrogen (secondary N) is 1. The Morgan fingerprint density at radius 2 is 1.88 bits per heavy atom. The lowest BCUT2D eigenvalue weighted by Gasteiger charge is -1.96. The highest BCUT2D eigenvalue weighted by Gasteiger charge is 2.07. The molecule has 0 radical (unpaired) electrons. The van der Waals surface area contributed by atoms with Crippen molar-refractivity contribution in [3.8, 4) is 11.3 Å². The second-order valence-electron chi connectivity index (χ2n) is 5.62. The van der Waals surface area contributed by atoms with Gasteiger partial charge in [-0.2, -0.15) is 0 Å². The van der Waals surface area contributed by atoms with E-state index in [1.54, 1.807) is 6.07 Å². The number of nitrogens with zero attached hydrogens (tertiary/aromatic N) is 2. The number of hydrogen-bond acceptors (Lipinski definition) is 5. The van der Waals surface area contributed by atoms with E-state index in [-0.39, 0.29) is 12.5 Å². The summed E-state index contributed by atoms with van der Waals surface area (Å²) in [5.74, 6) is 0.780. The summed E-state index contributed by atoms with van der Waals surface area (Å²) in [6, 6.07) is 18.9. The van der Waals surface area contributed by atoms with Crippen LogP contribution in [0.2, 0.25) is 0 Å². The molecule has 6 heteroatoms. The highest BCUT2D eigenvalue weighted by Crippen LogP contribution is 2.19. The molecule has 0 spiro atoms. The van der Waals surface area contributed by atoms with Gasteiger partial charge in [-0.1, -0.05) is 47.6 Å². The molecular weight excluding hydrogens is 330 g/mol. The number of amides is 1. The van der Waals surface area contributed by atoms with Gasteiger partial charge in [-0.15, -0.1) is 0 Å². The number of carbonyl (C=O) groups is 1. The lowest BCUT2D eigenvalue weighted by atomic mass is 10.2. The number of hydrogen-bond donors (Lipinski definition) is 1. The molecule has 0 saturated carbocycles. The number of benzene rings is 2. The first-order valence-corrected chi connectivity index (χ1v) is 8.10. The Hall–Kier alpha value is -3.67. The summed E-state index contributed by atoms with van der Waals surface area (Å²) >= 11 is 0. The Bertz CT molecular complexity index is 1030. The topological polar surface area (TPSA) is 81.2 Å². The summed E-state index contributed by atoms with van der Waals surface area (Å²) in [7, 11) is 0. The largest absolute Gasteiger partial charge is 0.437 e. The predicted octanol–water partition coefficient (Wildman–Crippen LogP) is 3.81. The molecule has 0 aliphatic rings. The van der Waals surface area contributed by atoms with E-state index in [1.165, 1.54) is 12.2 Å². The number of para-hydroxylation sites is 2. The van der Waals surface area contributed by atoms with Gasteiger partial charge in [0.15, 0.2) is 11.3 Å². The highest BCUT2D eigenvalue weighted by atomic mass is 16.5. The summed E-state index contributed by atoms with van der Waals surface area (Å²) in [6.07, 6.45) is 2.91. The SMILES string of the molecule is O=C(/C=C\c1nc2ccccc2o1)NCc1cc(-c2ccccc2)on1. The smallest absolute Gasteiger partial charge is 0.244 e. The third kappa shape index (κ3) is 3.54. The summed E-state index contributed by atoms with van der Waals surface area (Å²) < 4.78 is 10.8. The fourth-order valence-corrected chi connectivity index (χ4v) is 2.48. The van der Waals surface area contributed by atoms with Gasteiger partial charge in [-0.3, -0.25) is 4.79 Å². The van der Waals surface area contributed by atoms with Crippen molar-refractivity contribution in [2.75, 3.05) is 0 Å². The number of carbonyl (C=O) groups excluding carboxylic acids is 1. The molecule has 1 N–H and O–H groups in total. The highest BCUT2D eigenvalue weighted by molar-refractivity contribution is 5.91. The average molecular weight is 345 g/mol. The van der Waals surface area contributed by atoms with E-state index in [4.69, 9.17) is 8.94 Å². The van der Waals surface area contributed by atoms with Gasteiger partial charge in [0.05, 0.1) is 6.54 Å². The summed E-state index contributed by atoms with van der Waals surface area (Å²) in [5.41, 5.74) is 3.02. The van der Waals surface area contributed by atoms with Crippen molar-refractivity contribution in [2.45, 2.75) is 6.54 Å². The second kappa shape index (κ2) is 7.06. The Morgan fingerprint density at radius 3 is 2.73 bits per heavy atom. The van der Waals surface area contributed by atoms with Crippen molar-refractivity contribution in [1.29, 1.82) is 0 Å². The fourth-order valence-electron chi connectivity index (χ4n) is 2.48. The Balaban J connectivity index is 1.36. The van der Waals surface area contributed by atoms with Crippen molar-refractivity contribution in [1.82, 2.24) is 15.5 Å². The van der Waals surface area contributed by atoms with Crippen LogP contribution in [-0.2, 0) is 11.3 Å². The van der Waals surface area contributed by atoms with E-state index < -0.39 is 0 Å². The van der Waals surface area contributed by atoms with Gasteiger partial charge in [0.1, 0.15) is 11.2 Å². The van der Waals surface area contributed by atoms with E-state index in [0.717, 1.165) is 11.1 Å². The standard InChI is InChI=1S/C20H15N3O3/c24-19(10-11-20-22-16-8-4-5-9-17(16)25-20)21-13-15-12-18(26-23-15)14-6-2-1-3-7-14/h1-12H,13H2,(H,21,24)/b11-10-. The van der Waals surface area contributed by atoms with Crippen molar-refractivity contribution in [3.05, 3.63) is 78.3 Å². The van der Waals surface area contributed by atoms with Crippen molar-refractivity contribution >= 4 is 23.1 Å². The number of aromatic nitrogens is 2. The summed E-state index contributed by atoms with van der Waals surface area (Å²) in [6.45, 7) is 0.271. The Kier molecular flexibility index (Phi) is 4.30. The van der Waals surface area contributed by atoms with Crippen LogP contribution in [-0.4, -0.2) is 16.0 Å². The average Bonchev–Trinajstić information content (AvgIpc) is 3.32. The first-order chi connectivity index (χ1) is 12.8. The minimum Gasteiger partial charge on any atom is -0.437 e. The lowest BCUT2D eigenvalue weighted by Crippen LogP contribution is -2.20. The van der Waals surface area contributed by atoms with Gasteiger partial charge in [0.25, 0.3) is 0 Å². The lowest BCUT2D eigenvalue weighted by molar-refractivity contribution is -0.116. The number of fused-ring (bicyclic) bond motifs is 1. The summed E-state index contributed by atoms with van der Waals surface area (Å²) in [5, 5.41) is 6.72. The minimum absolute atomic E-state index is 0.267. The monoisotopic (exact) mass is 345 g/mol. The van der Waals surface area contributed by atoms with Crippen LogP contribution in [0.4, 0.5) is 0 Å². The molecule has 0 bridgehead atoms. The Labute approximate surface area is 149 Å². The van der Waals surface area contributed by atoms with E-state index in [9.17, 15) is 4.79 Å². The molecule has 6 nitrogen and oxygen atoms in total. The molecule has 4 rings (SSSR count). The van der Waals surface area contributed by atoms with Crippen LogP contribution in [0, 0.1) is 0 Å².